The van der Waals surface area contributed by atoms with Crippen molar-refractivity contribution in [1.82, 2.24) is 24.7 Å². The Morgan fingerprint density at radius 2 is 1.73 bits per heavy atom. The molecule has 6 aromatic rings. The van der Waals surface area contributed by atoms with Crippen LogP contribution in [-0.2, 0) is 13.2 Å². The van der Waals surface area contributed by atoms with Crippen molar-refractivity contribution in [2.45, 2.75) is 39.5 Å². The van der Waals surface area contributed by atoms with Crippen molar-refractivity contribution in [2.24, 2.45) is 0 Å². The number of aryl methyl sites for hydroxylation is 1. The van der Waals surface area contributed by atoms with Gasteiger partial charge in [-0.25, -0.2) is 9.97 Å². The van der Waals surface area contributed by atoms with Gasteiger partial charge in [-0.3, -0.25) is 9.67 Å². The number of pyridine rings is 3. The third-order valence-electron chi connectivity index (χ3n) is 6.77. The third kappa shape index (κ3) is 5.34. The molecule has 200 valence electrons. The summed E-state index contributed by atoms with van der Waals surface area (Å²) in [5.74, 6) is 1.23. The van der Waals surface area contributed by atoms with Crippen LogP contribution in [0, 0.1) is 6.92 Å². The van der Waals surface area contributed by atoms with Crippen LogP contribution in [0.5, 0.6) is 5.88 Å². The summed E-state index contributed by atoms with van der Waals surface area (Å²) in [5, 5.41) is 21.2. The van der Waals surface area contributed by atoms with E-state index < -0.39 is 5.60 Å². The number of nitrogens with zero attached hydrogens (tertiary/aromatic N) is 5. The molecule has 0 aliphatic rings. The Labute approximate surface area is 232 Å². The fourth-order valence-electron chi connectivity index (χ4n) is 4.83. The highest BCUT2D eigenvalue weighted by molar-refractivity contribution is 5.99. The first-order chi connectivity index (χ1) is 19.3. The minimum absolute atomic E-state index is 0.413. The predicted molar refractivity (Wildman–Crippen MR) is 158 cm³/mol. The van der Waals surface area contributed by atoms with E-state index in [-0.39, 0.29) is 0 Å². The second kappa shape index (κ2) is 10.4. The van der Waals surface area contributed by atoms with Gasteiger partial charge >= 0.3 is 0 Å². The second-order valence-corrected chi connectivity index (χ2v) is 10.5. The molecule has 2 aromatic carbocycles. The molecule has 0 amide bonds. The first-order valence-electron chi connectivity index (χ1n) is 13.2. The molecule has 0 saturated heterocycles. The zero-order valence-corrected chi connectivity index (χ0v) is 22.7. The maximum absolute atomic E-state index is 10.3. The fraction of sp³-hybridized carbons (Fsp3) is 0.188. The highest BCUT2D eigenvalue weighted by atomic mass is 16.5. The van der Waals surface area contributed by atoms with Crippen LogP contribution in [0.25, 0.3) is 32.9 Å². The van der Waals surface area contributed by atoms with Crippen LogP contribution in [0.1, 0.15) is 25.0 Å². The van der Waals surface area contributed by atoms with E-state index in [9.17, 15) is 5.11 Å². The van der Waals surface area contributed by atoms with Gasteiger partial charge in [0, 0.05) is 52.1 Å². The number of nitrogens with one attached hydrogen (secondary N) is 1. The fourth-order valence-corrected chi connectivity index (χ4v) is 4.83. The van der Waals surface area contributed by atoms with Crippen molar-refractivity contribution >= 4 is 33.2 Å². The number of hydrogen-bond acceptors (Lipinski definition) is 7. The number of fused-ring (bicyclic) bond motifs is 2. The van der Waals surface area contributed by atoms with Crippen molar-refractivity contribution in [2.75, 3.05) is 5.32 Å². The van der Waals surface area contributed by atoms with E-state index >= 15 is 0 Å². The third-order valence-corrected chi connectivity index (χ3v) is 6.77. The lowest BCUT2D eigenvalue weighted by molar-refractivity contribution is 0.0591. The Morgan fingerprint density at radius 3 is 2.55 bits per heavy atom. The summed E-state index contributed by atoms with van der Waals surface area (Å²) in [6.07, 6.45) is 7.24. The molecule has 0 unspecified atom stereocenters. The molecule has 0 bridgehead atoms. The van der Waals surface area contributed by atoms with E-state index in [1.165, 1.54) is 0 Å². The van der Waals surface area contributed by atoms with Crippen LogP contribution in [0.15, 0.2) is 91.5 Å². The maximum atomic E-state index is 10.3. The Hall–Kier alpha value is -4.82. The van der Waals surface area contributed by atoms with E-state index in [0.717, 1.165) is 49.7 Å². The van der Waals surface area contributed by atoms with Gasteiger partial charge in [0.1, 0.15) is 12.4 Å². The standard InChI is InChI=1S/C32H30N6O2/c1-21-25(9-10-28-27(21)18-36-38(28)20-32(2,3)39)31-26-16-29(35-17-23(26)11-13-34-31)37-24-12-14-33-30(15-24)40-19-22-7-5-4-6-8-22/h4-18,39H,19-20H2,1-3H3,(H,33,35,37). The van der Waals surface area contributed by atoms with Crippen molar-refractivity contribution < 1.29 is 9.84 Å². The van der Waals surface area contributed by atoms with Gasteiger partial charge in [-0.1, -0.05) is 36.4 Å². The lowest BCUT2D eigenvalue weighted by atomic mass is 9.98. The molecule has 0 radical (unpaired) electrons. The summed E-state index contributed by atoms with van der Waals surface area (Å²) in [5.41, 5.74) is 5.01. The Kier molecular flexibility index (Phi) is 6.61. The molecule has 2 N–H and O–H groups in total. The van der Waals surface area contributed by atoms with Crippen LogP contribution < -0.4 is 10.1 Å². The summed E-state index contributed by atoms with van der Waals surface area (Å²) in [4.78, 5) is 13.7. The first kappa shape index (κ1) is 25.5. The smallest absolute Gasteiger partial charge is 0.215 e. The summed E-state index contributed by atoms with van der Waals surface area (Å²) >= 11 is 0. The van der Waals surface area contributed by atoms with Crippen molar-refractivity contribution in [3.8, 4) is 17.1 Å². The van der Waals surface area contributed by atoms with Crippen LogP contribution >= 0.6 is 0 Å². The second-order valence-electron chi connectivity index (χ2n) is 10.5. The number of aliphatic hydroxyl groups is 1. The van der Waals surface area contributed by atoms with Crippen LogP contribution in [0.4, 0.5) is 11.5 Å². The Morgan fingerprint density at radius 1 is 0.900 bits per heavy atom. The molecule has 8 nitrogen and oxygen atoms in total. The minimum atomic E-state index is -0.858. The summed E-state index contributed by atoms with van der Waals surface area (Å²) in [7, 11) is 0. The van der Waals surface area contributed by atoms with Crippen LogP contribution in [0.3, 0.4) is 0 Å². The molecule has 40 heavy (non-hydrogen) atoms. The van der Waals surface area contributed by atoms with E-state index in [1.54, 1.807) is 20.0 Å². The molecule has 0 spiro atoms. The molecule has 0 aliphatic carbocycles. The van der Waals surface area contributed by atoms with Gasteiger partial charge < -0.3 is 15.2 Å². The number of rotatable bonds is 8. The first-order valence-corrected chi connectivity index (χ1v) is 13.2. The van der Waals surface area contributed by atoms with E-state index in [0.29, 0.717) is 24.8 Å². The molecular weight excluding hydrogens is 500 g/mol. The molecule has 4 aromatic heterocycles. The van der Waals surface area contributed by atoms with Crippen LogP contribution in [0.2, 0.25) is 0 Å². The molecule has 6 rings (SSSR count). The number of hydrogen-bond donors (Lipinski definition) is 2. The SMILES string of the molecule is Cc1c(-c2nccc3cnc(Nc4ccnc(OCc5ccccc5)c4)cc23)ccc2c1cnn2CC(C)(C)O. The van der Waals surface area contributed by atoms with Crippen LogP contribution in [-0.4, -0.2) is 35.4 Å². The van der Waals surface area contributed by atoms with Gasteiger partial charge in [0.25, 0.3) is 0 Å². The average Bonchev–Trinajstić information content (AvgIpc) is 3.35. The zero-order chi connectivity index (χ0) is 27.7. The lowest BCUT2D eigenvalue weighted by Crippen LogP contribution is -2.26. The largest absolute Gasteiger partial charge is 0.473 e. The van der Waals surface area contributed by atoms with E-state index in [2.05, 4.69) is 33.4 Å². The highest BCUT2D eigenvalue weighted by Gasteiger charge is 2.18. The lowest BCUT2D eigenvalue weighted by Gasteiger charge is -2.18. The van der Waals surface area contributed by atoms with E-state index in [1.807, 2.05) is 83.9 Å². The molecule has 0 atom stereocenters. The van der Waals surface area contributed by atoms with Crippen molar-refractivity contribution in [3.05, 3.63) is 103 Å². The monoisotopic (exact) mass is 530 g/mol. The quantitative estimate of drug-likeness (QED) is 0.234. The summed E-state index contributed by atoms with van der Waals surface area (Å²) in [6.45, 7) is 6.51. The number of aromatic nitrogens is 5. The van der Waals surface area contributed by atoms with Gasteiger partial charge in [-0.05, 0) is 56.2 Å². The molecule has 0 saturated carbocycles. The predicted octanol–water partition coefficient (Wildman–Crippen LogP) is 6.44. The molecular formula is C32H30N6O2. The van der Waals surface area contributed by atoms with Gasteiger partial charge in [-0.2, -0.15) is 5.10 Å². The zero-order valence-electron chi connectivity index (χ0n) is 22.7. The molecule has 8 heteroatoms. The number of ether oxygens (including phenoxy) is 1. The Balaban J connectivity index is 1.30. The van der Waals surface area contributed by atoms with E-state index in [4.69, 9.17) is 9.72 Å². The van der Waals surface area contributed by atoms with Gasteiger partial charge in [-0.15, -0.1) is 0 Å². The molecule has 4 heterocycles. The van der Waals surface area contributed by atoms with Gasteiger partial charge in [0.15, 0.2) is 0 Å². The Bertz CT molecular complexity index is 1810. The van der Waals surface area contributed by atoms with Crippen molar-refractivity contribution in [3.63, 3.8) is 0 Å². The highest BCUT2D eigenvalue weighted by Crippen LogP contribution is 2.34. The summed E-state index contributed by atoms with van der Waals surface area (Å²) < 4.78 is 7.74. The number of benzene rings is 2. The average molecular weight is 531 g/mol. The maximum Gasteiger partial charge on any atom is 0.215 e. The topological polar surface area (TPSA) is 98.0 Å². The molecule has 0 fully saturated rings. The minimum Gasteiger partial charge on any atom is -0.473 e. The molecule has 0 aliphatic heterocycles. The normalized spacial score (nSPS) is 11.7. The van der Waals surface area contributed by atoms with Gasteiger partial charge in [0.2, 0.25) is 5.88 Å². The number of anilines is 2. The van der Waals surface area contributed by atoms with Gasteiger partial charge in [0.05, 0.1) is 29.6 Å². The summed E-state index contributed by atoms with van der Waals surface area (Å²) in [6, 6.07) is 21.9. The van der Waals surface area contributed by atoms with Crippen molar-refractivity contribution in [1.29, 1.82) is 0 Å².